The molecule has 4 heteroatoms. The highest BCUT2D eigenvalue weighted by Crippen LogP contribution is 2.04. The minimum Gasteiger partial charge on any atom is -0.466 e. The Bertz CT molecular complexity index is 442. The Labute approximate surface area is 139 Å². The van der Waals surface area contributed by atoms with Crippen molar-refractivity contribution in [1.29, 1.82) is 0 Å². The van der Waals surface area contributed by atoms with Crippen molar-refractivity contribution in [2.75, 3.05) is 13.2 Å². The lowest BCUT2D eigenvalue weighted by molar-refractivity contribution is -0.145. The number of carbonyl (C=O) groups excluding carboxylic acids is 2. The molecule has 1 aromatic rings. The van der Waals surface area contributed by atoms with Crippen molar-refractivity contribution in [2.24, 2.45) is 0 Å². The van der Waals surface area contributed by atoms with Gasteiger partial charge < -0.3 is 9.47 Å². The summed E-state index contributed by atoms with van der Waals surface area (Å²) in [6, 6.07) is 10.1. The van der Waals surface area contributed by atoms with E-state index in [2.05, 4.69) is 19.1 Å². The number of rotatable bonds is 12. The normalized spacial score (nSPS) is 10.3. The Kier molecular flexibility index (Phi) is 10.6. The Morgan fingerprint density at radius 3 is 2.04 bits per heavy atom. The highest BCUT2D eigenvalue weighted by Gasteiger charge is 2.07. The van der Waals surface area contributed by atoms with Gasteiger partial charge in [0.15, 0.2) is 0 Å². The van der Waals surface area contributed by atoms with Crippen molar-refractivity contribution >= 4 is 11.9 Å². The van der Waals surface area contributed by atoms with E-state index in [-0.39, 0.29) is 24.8 Å². The van der Waals surface area contributed by atoms with Gasteiger partial charge in [0, 0.05) is 12.8 Å². The van der Waals surface area contributed by atoms with E-state index in [1.807, 2.05) is 18.2 Å². The Morgan fingerprint density at radius 1 is 0.826 bits per heavy atom. The first-order chi connectivity index (χ1) is 11.2. The number of carbonyl (C=O) groups is 2. The summed E-state index contributed by atoms with van der Waals surface area (Å²) in [4.78, 5) is 23.0. The number of esters is 2. The number of benzene rings is 1. The van der Waals surface area contributed by atoms with Gasteiger partial charge in [0.2, 0.25) is 0 Å². The molecule has 0 bridgehead atoms. The van der Waals surface area contributed by atoms with Crippen LogP contribution in [0.4, 0.5) is 0 Å². The molecular formula is C19H28O4. The fourth-order valence-corrected chi connectivity index (χ4v) is 2.17. The summed E-state index contributed by atoms with van der Waals surface area (Å²) in [5.41, 5.74) is 1.24. The highest BCUT2D eigenvalue weighted by molar-refractivity contribution is 5.72. The van der Waals surface area contributed by atoms with E-state index in [0.717, 1.165) is 32.1 Å². The molecular weight excluding hydrogens is 292 g/mol. The maximum Gasteiger partial charge on any atom is 0.305 e. The summed E-state index contributed by atoms with van der Waals surface area (Å²) in [6.07, 6.45) is 5.85. The summed E-state index contributed by atoms with van der Waals surface area (Å²) in [7, 11) is 0. The Morgan fingerprint density at radius 2 is 1.43 bits per heavy atom. The van der Waals surface area contributed by atoms with Gasteiger partial charge in [-0.05, 0) is 31.2 Å². The van der Waals surface area contributed by atoms with E-state index in [4.69, 9.17) is 9.47 Å². The number of unbranched alkanes of at least 4 members (excludes halogenated alkanes) is 2. The molecule has 0 heterocycles. The van der Waals surface area contributed by atoms with Crippen LogP contribution in [-0.2, 0) is 25.5 Å². The van der Waals surface area contributed by atoms with Crippen LogP contribution in [0.5, 0.6) is 0 Å². The molecule has 128 valence electrons. The van der Waals surface area contributed by atoms with Gasteiger partial charge in [-0.1, -0.05) is 50.1 Å². The first-order valence-electron chi connectivity index (χ1n) is 8.57. The van der Waals surface area contributed by atoms with E-state index in [1.165, 1.54) is 5.56 Å². The molecule has 23 heavy (non-hydrogen) atoms. The third-order valence-electron chi connectivity index (χ3n) is 3.49. The maximum atomic E-state index is 11.6. The summed E-state index contributed by atoms with van der Waals surface area (Å²) in [5, 5.41) is 0. The van der Waals surface area contributed by atoms with E-state index in [1.54, 1.807) is 0 Å². The Hall–Kier alpha value is -1.84. The largest absolute Gasteiger partial charge is 0.466 e. The second kappa shape index (κ2) is 12.7. The van der Waals surface area contributed by atoms with E-state index < -0.39 is 0 Å². The quantitative estimate of drug-likeness (QED) is 0.430. The predicted molar refractivity (Wildman–Crippen MR) is 90.1 cm³/mol. The third-order valence-corrected chi connectivity index (χ3v) is 3.49. The fourth-order valence-electron chi connectivity index (χ4n) is 2.17. The molecule has 0 aliphatic carbocycles. The summed E-state index contributed by atoms with van der Waals surface area (Å²) in [6.45, 7) is 3.01. The lowest BCUT2D eigenvalue weighted by Gasteiger charge is -2.06. The van der Waals surface area contributed by atoms with Crippen LogP contribution in [0.3, 0.4) is 0 Å². The molecule has 0 radical (unpaired) electrons. The molecule has 0 fully saturated rings. The van der Waals surface area contributed by atoms with Gasteiger partial charge in [0.05, 0.1) is 13.2 Å². The number of hydrogen-bond donors (Lipinski definition) is 0. The van der Waals surface area contributed by atoms with Crippen molar-refractivity contribution in [3.63, 3.8) is 0 Å². The number of hydrogen-bond acceptors (Lipinski definition) is 4. The van der Waals surface area contributed by atoms with Gasteiger partial charge in [-0.2, -0.15) is 0 Å². The lowest BCUT2D eigenvalue weighted by Crippen LogP contribution is -2.09. The van der Waals surface area contributed by atoms with E-state index in [0.29, 0.717) is 19.6 Å². The fraction of sp³-hybridized carbons (Fsp3) is 0.579. The first-order valence-corrected chi connectivity index (χ1v) is 8.57. The van der Waals surface area contributed by atoms with Crippen LogP contribution in [0.1, 0.15) is 57.4 Å². The number of ether oxygens (including phenoxy) is 2. The van der Waals surface area contributed by atoms with Crippen molar-refractivity contribution < 1.29 is 19.1 Å². The van der Waals surface area contributed by atoms with Gasteiger partial charge in [0.1, 0.15) is 0 Å². The summed E-state index contributed by atoms with van der Waals surface area (Å²) >= 11 is 0. The third kappa shape index (κ3) is 10.5. The van der Waals surface area contributed by atoms with Crippen LogP contribution in [0.2, 0.25) is 0 Å². The molecule has 0 aliphatic rings. The van der Waals surface area contributed by atoms with Gasteiger partial charge in [-0.25, -0.2) is 0 Å². The topological polar surface area (TPSA) is 52.6 Å². The molecule has 0 amide bonds. The van der Waals surface area contributed by atoms with Crippen LogP contribution in [0.25, 0.3) is 0 Å². The SMILES string of the molecule is CCCCCOC(=O)CCCC(=O)OCCCc1ccccc1. The zero-order valence-electron chi connectivity index (χ0n) is 14.1. The molecule has 0 N–H and O–H groups in total. The van der Waals surface area contributed by atoms with Crippen LogP contribution >= 0.6 is 0 Å². The van der Waals surface area contributed by atoms with Crippen molar-refractivity contribution in [3.8, 4) is 0 Å². The van der Waals surface area contributed by atoms with Crippen LogP contribution in [-0.4, -0.2) is 25.2 Å². The lowest BCUT2D eigenvalue weighted by atomic mass is 10.1. The average molecular weight is 320 g/mol. The minimum absolute atomic E-state index is 0.224. The monoisotopic (exact) mass is 320 g/mol. The molecule has 1 aromatic carbocycles. The number of aryl methyl sites for hydroxylation is 1. The average Bonchev–Trinajstić information content (AvgIpc) is 2.56. The second-order valence-corrected chi connectivity index (χ2v) is 5.59. The smallest absolute Gasteiger partial charge is 0.305 e. The van der Waals surface area contributed by atoms with Crippen molar-refractivity contribution in [1.82, 2.24) is 0 Å². The Balaban J connectivity index is 1.96. The summed E-state index contributed by atoms with van der Waals surface area (Å²) in [5.74, 6) is -0.463. The van der Waals surface area contributed by atoms with Gasteiger partial charge in [-0.15, -0.1) is 0 Å². The molecule has 0 saturated carbocycles. The van der Waals surface area contributed by atoms with E-state index in [9.17, 15) is 9.59 Å². The van der Waals surface area contributed by atoms with Gasteiger partial charge >= 0.3 is 11.9 Å². The molecule has 0 unspecified atom stereocenters. The standard InChI is InChI=1S/C19H28O4/c1-2-3-7-15-22-18(20)13-8-14-19(21)23-16-9-12-17-10-5-4-6-11-17/h4-6,10-11H,2-3,7-9,12-16H2,1H3. The second-order valence-electron chi connectivity index (χ2n) is 5.59. The van der Waals surface area contributed by atoms with Crippen LogP contribution in [0, 0.1) is 0 Å². The molecule has 1 rings (SSSR count). The molecule has 0 aliphatic heterocycles. The zero-order chi connectivity index (χ0) is 16.8. The molecule has 0 spiro atoms. The van der Waals surface area contributed by atoms with Gasteiger partial charge in [0.25, 0.3) is 0 Å². The van der Waals surface area contributed by atoms with Crippen molar-refractivity contribution in [2.45, 2.75) is 58.3 Å². The molecule has 4 nitrogen and oxygen atoms in total. The molecule has 0 saturated heterocycles. The zero-order valence-corrected chi connectivity index (χ0v) is 14.1. The summed E-state index contributed by atoms with van der Waals surface area (Å²) < 4.78 is 10.2. The molecule has 0 aromatic heterocycles. The highest BCUT2D eigenvalue weighted by atomic mass is 16.5. The molecule has 0 atom stereocenters. The first kappa shape index (κ1) is 19.2. The predicted octanol–water partition coefficient (Wildman–Crippen LogP) is 4.07. The minimum atomic E-state index is -0.239. The van der Waals surface area contributed by atoms with E-state index >= 15 is 0 Å². The van der Waals surface area contributed by atoms with Crippen LogP contribution < -0.4 is 0 Å². The van der Waals surface area contributed by atoms with Crippen molar-refractivity contribution in [3.05, 3.63) is 35.9 Å². The van der Waals surface area contributed by atoms with Crippen LogP contribution in [0.15, 0.2) is 30.3 Å². The van der Waals surface area contributed by atoms with Gasteiger partial charge in [-0.3, -0.25) is 9.59 Å². The maximum absolute atomic E-state index is 11.6.